The summed E-state index contributed by atoms with van der Waals surface area (Å²) in [6.45, 7) is 5.32. The SMILES string of the molecule is CCCCCCCCOCCCCC(C)(N)C(=O)O. The lowest BCUT2D eigenvalue weighted by Gasteiger charge is -2.18. The van der Waals surface area contributed by atoms with E-state index in [0.29, 0.717) is 13.0 Å². The fraction of sp³-hybridized carbons (Fsp3) is 0.933. The predicted octanol–water partition coefficient (Wildman–Crippen LogP) is 3.34. The fourth-order valence-electron chi connectivity index (χ4n) is 1.89. The van der Waals surface area contributed by atoms with Crippen molar-refractivity contribution in [3.8, 4) is 0 Å². The number of ether oxygens (including phenoxy) is 1. The summed E-state index contributed by atoms with van der Waals surface area (Å²) in [7, 11) is 0. The Bertz CT molecular complexity index is 229. The Labute approximate surface area is 117 Å². The Morgan fingerprint density at radius 2 is 1.58 bits per heavy atom. The lowest BCUT2D eigenvalue weighted by atomic mass is 9.97. The van der Waals surface area contributed by atoms with E-state index in [-0.39, 0.29) is 0 Å². The lowest BCUT2D eigenvalue weighted by Crippen LogP contribution is -2.44. The van der Waals surface area contributed by atoms with Crippen LogP contribution in [0.3, 0.4) is 0 Å². The number of unbranched alkanes of at least 4 members (excludes halogenated alkanes) is 6. The molecule has 3 N–H and O–H groups in total. The van der Waals surface area contributed by atoms with Gasteiger partial charge in [-0.1, -0.05) is 39.0 Å². The standard InChI is InChI=1S/C15H31NO3/c1-3-4-5-6-7-9-12-19-13-10-8-11-15(2,16)14(17)18/h3-13,16H2,1-2H3,(H,17,18). The van der Waals surface area contributed by atoms with Crippen LogP contribution in [0.1, 0.15) is 71.6 Å². The van der Waals surface area contributed by atoms with Crippen LogP contribution in [0.25, 0.3) is 0 Å². The van der Waals surface area contributed by atoms with Crippen LogP contribution in [0.5, 0.6) is 0 Å². The fourth-order valence-corrected chi connectivity index (χ4v) is 1.89. The van der Waals surface area contributed by atoms with Crippen LogP contribution in [0.2, 0.25) is 0 Å². The molecule has 0 amide bonds. The molecule has 0 radical (unpaired) electrons. The highest BCUT2D eigenvalue weighted by Gasteiger charge is 2.26. The summed E-state index contributed by atoms with van der Waals surface area (Å²) in [5.74, 6) is -0.930. The van der Waals surface area contributed by atoms with Gasteiger partial charge in [-0.15, -0.1) is 0 Å². The molecule has 0 bridgehead atoms. The quantitative estimate of drug-likeness (QED) is 0.505. The van der Waals surface area contributed by atoms with E-state index in [1.54, 1.807) is 6.92 Å². The van der Waals surface area contributed by atoms with Crippen molar-refractivity contribution in [1.29, 1.82) is 0 Å². The van der Waals surface area contributed by atoms with Gasteiger partial charge in [-0.3, -0.25) is 4.79 Å². The third-order valence-electron chi connectivity index (χ3n) is 3.37. The molecule has 0 aliphatic rings. The van der Waals surface area contributed by atoms with Crippen molar-refractivity contribution in [2.24, 2.45) is 5.73 Å². The van der Waals surface area contributed by atoms with Gasteiger partial charge in [0, 0.05) is 13.2 Å². The number of aliphatic carboxylic acids is 1. The van der Waals surface area contributed by atoms with Gasteiger partial charge in [-0.05, 0) is 32.6 Å². The zero-order valence-corrected chi connectivity index (χ0v) is 12.6. The number of carbonyl (C=O) groups is 1. The Hall–Kier alpha value is -0.610. The molecule has 0 aliphatic carbocycles. The van der Waals surface area contributed by atoms with Crippen molar-refractivity contribution in [2.75, 3.05) is 13.2 Å². The molecular weight excluding hydrogens is 242 g/mol. The van der Waals surface area contributed by atoms with Gasteiger partial charge in [-0.2, -0.15) is 0 Å². The van der Waals surface area contributed by atoms with Crippen LogP contribution in [0.15, 0.2) is 0 Å². The van der Waals surface area contributed by atoms with Crippen LogP contribution in [0, 0.1) is 0 Å². The van der Waals surface area contributed by atoms with Crippen LogP contribution in [-0.2, 0) is 9.53 Å². The summed E-state index contributed by atoms with van der Waals surface area (Å²) in [6.07, 6.45) is 9.83. The minimum atomic E-state index is -1.10. The zero-order chi connectivity index (χ0) is 14.6. The van der Waals surface area contributed by atoms with Crippen molar-refractivity contribution < 1.29 is 14.6 Å². The van der Waals surface area contributed by atoms with Gasteiger partial charge in [0.25, 0.3) is 0 Å². The Kier molecular flexibility index (Phi) is 10.9. The molecule has 0 heterocycles. The van der Waals surface area contributed by atoms with Crippen molar-refractivity contribution in [1.82, 2.24) is 0 Å². The maximum absolute atomic E-state index is 10.8. The first-order chi connectivity index (χ1) is 9.00. The predicted molar refractivity (Wildman–Crippen MR) is 78.3 cm³/mol. The van der Waals surface area contributed by atoms with Crippen molar-refractivity contribution in [3.63, 3.8) is 0 Å². The van der Waals surface area contributed by atoms with Gasteiger partial charge < -0.3 is 15.6 Å². The number of carboxylic acids is 1. The minimum absolute atomic E-state index is 0.503. The molecule has 0 saturated heterocycles. The van der Waals surface area contributed by atoms with Crippen LogP contribution >= 0.6 is 0 Å². The van der Waals surface area contributed by atoms with Gasteiger partial charge in [-0.25, -0.2) is 0 Å². The molecule has 0 aliphatic heterocycles. The molecule has 0 spiro atoms. The van der Waals surface area contributed by atoms with E-state index in [2.05, 4.69) is 6.92 Å². The first-order valence-electron chi connectivity index (χ1n) is 7.60. The first-order valence-corrected chi connectivity index (χ1v) is 7.60. The second-order valence-corrected chi connectivity index (χ2v) is 5.56. The van der Waals surface area contributed by atoms with Gasteiger partial charge in [0.05, 0.1) is 0 Å². The topological polar surface area (TPSA) is 72.5 Å². The van der Waals surface area contributed by atoms with E-state index in [0.717, 1.165) is 25.9 Å². The summed E-state index contributed by atoms with van der Waals surface area (Å²) in [6, 6.07) is 0. The summed E-state index contributed by atoms with van der Waals surface area (Å²) in [5.41, 5.74) is 4.54. The highest BCUT2D eigenvalue weighted by atomic mass is 16.5. The van der Waals surface area contributed by atoms with Crippen LogP contribution in [-0.4, -0.2) is 29.8 Å². The average molecular weight is 273 g/mol. The van der Waals surface area contributed by atoms with E-state index in [4.69, 9.17) is 15.6 Å². The van der Waals surface area contributed by atoms with E-state index in [1.165, 1.54) is 32.1 Å². The van der Waals surface area contributed by atoms with Crippen molar-refractivity contribution in [2.45, 2.75) is 77.2 Å². The Balaban J connectivity index is 3.21. The Morgan fingerprint density at radius 1 is 1.05 bits per heavy atom. The third-order valence-corrected chi connectivity index (χ3v) is 3.37. The third kappa shape index (κ3) is 11.0. The molecule has 0 aromatic rings. The first kappa shape index (κ1) is 18.4. The maximum atomic E-state index is 10.8. The monoisotopic (exact) mass is 273 g/mol. The smallest absolute Gasteiger partial charge is 0.323 e. The van der Waals surface area contributed by atoms with E-state index in [9.17, 15) is 4.79 Å². The van der Waals surface area contributed by atoms with Crippen molar-refractivity contribution in [3.05, 3.63) is 0 Å². The lowest BCUT2D eigenvalue weighted by molar-refractivity contribution is -0.142. The molecule has 4 heteroatoms. The molecule has 19 heavy (non-hydrogen) atoms. The van der Waals surface area contributed by atoms with E-state index < -0.39 is 11.5 Å². The molecule has 0 saturated carbocycles. The van der Waals surface area contributed by atoms with Crippen LogP contribution in [0.4, 0.5) is 0 Å². The van der Waals surface area contributed by atoms with E-state index in [1.807, 2.05) is 0 Å². The summed E-state index contributed by atoms with van der Waals surface area (Å²) in [4.78, 5) is 10.8. The molecule has 0 aromatic heterocycles. The number of hydrogen-bond acceptors (Lipinski definition) is 3. The second-order valence-electron chi connectivity index (χ2n) is 5.56. The zero-order valence-electron chi connectivity index (χ0n) is 12.6. The second kappa shape index (κ2) is 11.2. The largest absolute Gasteiger partial charge is 0.480 e. The molecule has 114 valence electrons. The normalized spacial score (nSPS) is 14.3. The highest BCUT2D eigenvalue weighted by Crippen LogP contribution is 2.11. The summed E-state index contributed by atoms with van der Waals surface area (Å²) >= 11 is 0. The van der Waals surface area contributed by atoms with Crippen molar-refractivity contribution >= 4 is 5.97 Å². The van der Waals surface area contributed by atoms with E-state index >= 15 is 0 Å². The molecule has 1 atom stereocenters. The highest BCUT2D eigenvalue weighted by molar-refractivity contribution is 5.77. The molecule has 1 unspecified atom stereocenters. The number of hydrogen-bond donors (Lipinski definition) is 2. The molecule has 0 rings (SSSR count). The van der Waals surface area contributed by atoms with Gasteiger partial charge in [0.2, 0.25) is 0 Å². The number of rotatable bonds is 13. The summed E-state index contributed by atoms with van der Waals surface area (Å²) in [5, 5.41) is 8.85. The van der Waals surface area contributed by atoms with Crippen LogP contribution < -0.4 is 5.73 Å². The van der Waals surface area contributed by atoms with Gasteiger partial charge >= 0.3 is 5.97 Å². The Morgan fingerprint density at radius 3 is 2.16 bits per heavy atom. The maximum Gasteiger partial charge on any atom is 0.323 e. The van der Waals surface area contributed by atoms with Gasteiger partial charge in [0.1, 0.15) is 5.54 Å². The van der Waals surface area contributed by atoms with Gasteiger partial charge in [0.15, 0.2) is 0 Å². The number of carboxylic acid groups (broad SMARTS) is 1. The molecule has 0 fully saturated rings. The average Bonchev–Trinajstić information content (AvgIpc) is 2.35. The molecule has 4 nitrogen and oxygen atoms in total. The number of nitrogens with two attached hydrogens (primary N) is 1. The molecule has 0 aromatic carbocycles. The minimum Gasteiger partial charge on any atom is -0.480 e. The molecular formula is C15H31NO3. The summed E-state index contributed by atoms with van der Waals surface area (Å²) < 4.78 is 5.53.